The number of alkyl halides is 5. The smallest absolute Gasteiger partial charge is 0.370 e. The van der Waals surface area contributed by atoms with Crippen LogP contribution in [-0.4, -0.2) is 50.3 Å². The van der Waals surface area contributed by atoms with Gasteiger partial charge in [0, 0.05) is 25.3 Å². The van der Waals surface area contributed by atoms with Gasteiger partial charge in [0.15, 0.2) is 5.65 Å². The van der Waals surface area contributed by atoms with E-state index in [-0.39, 0.29) is 6.04 Å². The highest BCUT2D eigenvalue weighted by Gasteiger charge is 2.41. The van der Waals surface area contributed by atoms with E-state index in [9.17, 15) is 22.0 Å². The van der Waals surface area contributed by atoms with Gasteiger partial charge in [-0.25, -0.2) is 23.4 Å². The first-order chi connectivity index (χ1) is 15.3. The normalized spacial score (nSPS) is 23.3. The summed E-state index contributed by atoms with van der Waals surface area (Å²) >= 11 is 0. The second-order valence-corrected chi connectivity index (χ2v) is 8.35. The lowest BCUT2D eigenvalue weighted by molar-refractivity contribution is -0.137. The van der Waals surface area contributed by atoms with Crippen molar-refractivity contribution in [3.8, 4) is 0 Å². The maximum Gasteiger partial charge on any atom is 0.417 e. The quantitative estimate of drug-likeness (QED) is 0.592. The van der Waals surface area contributed by atoms with Gasteiger partial charge in [0.05, 0.1) is 29.8 Å². The number of hydrogen-bond acceptors (Lipinski definition) is 6. The highest BCUT2D eigenvalue weighted by Crippen LogP contribution is 2.41. The molecule has 3 aromatic heterocycles. The Kier molecular flexibility index (Phi) is 5.09. The van der Waals surface area contributed by atoms with Gasteiger partial charge in [0.2, 0.25) is 0 Å². The molecule has 0 aromatic carbocycles. The lowest BCUT2D eigenvalue weighted by Gasteiger charge is -2.22. The second kappa shape index (κ2) is 7.82. The summed E-state index contributed by atoms with van der Waals surface area (Å²) in [5.41, 5.74) is 0.496. The number of anilines is 2. The monoisotopic (exact) mass is 453 g/mol. The molecule has 1 saturated heterocycles. The number of rotatable bonds is 5. The molecule has 170 valence electrons. The lowest BCUT2D eigenvalue weighted by atomic mass is 10.0. The van der Waals surface area contributed by atoms with E-state index >= 15 is 0 Å². The standard InChI is InChI=1S/C20H20F5N7/c21-17(22)10-32-19-16(6-28-32)27-7-18(30-19)29-14-1-11-8-31(9-12(11)2-14)15-3-13(4-26-5-15)20(23,24)25/h3-7,11-12,14,17H,1-2,8-10H2,(H,29,30)/t11-,12+,14-. The molecule has 1 N–H and O–H groups in total. The van der Waals surface area contributed by atoms with E-state index in [0.29, 0.717) is 47.6 Å². The van der Waals surface area contributed by atoms with E-state index in [4.69, 9.17) is 0 Å². The van der Waals surface area contributed by atoms with Crippen molar-refractivity contribution in [2.75, 3.05) is 23.3 Å². The summed E-state index contributed by atoms with van der Waals surface area (Å²) in [5.74, 6) is 1.17. The first-order valence-electron chi connectivity index (χ1n) is 10.3. The van der Waals surface area contributed by atoms with Crippen LogP contribution in [0.15, 0.2) is 30.9 Å². The zero-order chi connectivity index (χ0) is 22.5. The average molecular weight is 453 g/mol. The molecule has 12 heteroatoms. The fraction of sp³-hybridized carbons (Fsp3) is 0.500. The van der Waals surface area contributed by atoms with E-state index in [1.807, 2.05) is 4.90 Å². The highest BCUT2D eigenvalue weighted by atomic mass is 19.4. The summed E-state index contributed by atoms with van der Waals surface area (Å²) in [5, 5.41) is 7.25. The number of hydrogen-bond donors (Lipinski definition) is 1. The fourth-order valence-corrected chi connectivity index (χ4v) is 4.78. The Bertz CT molecular complexity index is 1100. The zero-order valence-corrected chi connectivity index (χ0v) is 16.8. The van der Waals surface area contributed by atoms with Crippen molar-refractivity contribution >= 4 is 22.7 Å². The van der Waals surface area contributed by atoms with Crippen molar-refractivity contribution in [2.45, 2.75) is 38.0 Å². The predicted octanol–water partition coefficient (Wildman–Crippen LogP) is 3.83. The molecular formula is C20H20F5N7. The Hall–Kier alpha value is -3.05. The molecular weight excluding hydrogens is 433 g/mol. The van der Waals surface area contributed by atoms with Gasteiger partial charge in [-0.1, -0.05) is 0 Å². The van der Waals surface area contributed by atoms with Gasteiger partial charge in [-0.3, -0.25) is 4.98 Å². The van der Waals surface area contributed by atoms with E-state index in [0.717, 1.165) is 29.8 Å². The molecule has 1 aliphatic carbocycles. The number of aromatic nitrogens is 5. The fourth-order valence-electron chi connectivity index (χ4n) is 4.78. The number of nitrogens with one attached hydrogen (secondary N) is 1. The van der Waals surface area contributed by atoms with Crippen molar-refractivity contribution < 1.29 is 22.0 Å². The molecule has 1 saturated carbocycles. The van der Waals surface area contributed by atoms with Gasteiger partial charge in [0.25, 0.3) is 6.43 Å². The minimum Gasteiger partial charge on any atom is -0.370 e. The molecule has 3 atom stereocenters. The maximum atomic E-state index is 13.0. The van der Waals surface area contributed by atoms with E-state index < -0.39 is 24.7 Å². The van der Waals surface area contributed by atoms with Gasteiger partial charge in [-0.15, -0.1) is 0 Å². The van der Waals surface area contributed by atoms with Crippen molar-refractivity contribution in [1.29, 1.82) is 0 Å². The summed E-state index contributed by atoms with van der Waals surface area (Å²) in [6, 6.07) is 1.28. The van der Waals surface area contributed by atoms with Crippen LogP contribution >= 0.6 is 0 Å². The predicted molar refractivity (Wildman–Crippen MR) is 106 cm³/mol. The Labute approximate surface area is 179 Å². The Morgan fingerprint density at radius 1 is 1.06 bits per heavy atom. The van der Waals surface area contributed by atoms with Crippen molar-refractivity contribution in [3.63, 3.8) is 0 Å². The second-order valence-electron chi connectivity index (χ2n) is 8.35. The van der Waals surface area contributed by atoms with Crippen LogP contribution < -0.4 is 10.2 Å². The molecule has 0 unspecified atom stereocenters. The van der Waals surface area contributed by atoms with Gasteiger partial charge < -0.3 is 10.2 Å². The van der Waals surface area contributed by atoms with Crippen LogP contribution in [0.4, 0.5) is 33.5 Å². The molecule has 1 aliphatic heterocycles. The molecule has 4 heterocycles. The number of halogens is 5. The minimum atomic E-state index is -4.42. The molecule has 0 radical (unpaired) electrons. The highest BCUT2D eigenvalue weighted by molar-refractivity contribution is 5.71. The molecule has 0 bridgehead atoms. The van der Waals surface area contributed by atoms with Crippen LogP contribution in [0.1, 0.15) is 18.4 Å². The summed E-state index contributed by atoms with van der Waals surface area (Å²) < 4.78 is 65.6. The molecule has 2 aliphatic rings. The van der Waals surface area contributed by atoms with Gasteiger partial charge >= 0.3 is 6.18 Å². The van der Waals surface area contributed by atoms with Crippen molar-refractivity contribution in [2.24, 2.45) is 11.8 Å². The van der Waals surface area contributed by atoms with Crippen LogP contribution in [-0.2, 0) is 12.7 Å². The summed E-state index contributed by atoms with van der Waals surface area (Å²) in [4.78, 5) is 14.4. The lowest BCUT2D eigenvalue weighted by Crippen LogP contribution is -2.25. The van der Waals surface area contributed by atoms with Crippen LogP contribution in [0.5, 0.6) is 0 Å². The van der Waals surface area contributed by atoms with Crippen molar-refractivity contribution in [3.05, 3.63) is 36.4 Å². The first kappa shape index (κ1) is 20.8. The zero-order valence-electron chi connectivity index (χ0n) is 16.8. The topological polar surface area (TPSA) is 71.8 Å². The number of fused-ring (bicyclic) bond motifs is 2. The first-order valence-corrected chi connectivity index (χ1v) is 10.3. The molecule has 5 rings (SSSR count). The third-order valence-corrected chi connectivity index (χ3v) is 6.18. The van der Waals surface area contributed by atoms with Crippen molar-refractivity contribution in [1.82, 2.24) is 24.7 Å². The van der Waals surface area contributed by atoms with Gasteiger partial charge in [0.1, 0.15) is 17.9 Å². The minimum absolute atomic E-state index is 0.130. The van der Waals surface area contributed by atoms with E-state index in [1.54, 1.807) is 6.20 Å². The summed E-state index contributed by atoms with van der Waals surface area (Å²) in [7, 11) is 0. The Balaban J connectivity index is 1.23. The van der Waals surface area contributed by atoms with Crippen LogP contribution in [0.25, 0.3) is 11.2 Å². The SMILES string of the molecule is FC(F)Cn1ncc2ncc(N[C@@H]3C[C@@H]4CN(c5cncc(C(F)(F)F)c5)C[C@@H]4C3)nc21. The van der Waals surface area contributed by atoms with E-state index in [2.05, 4.69) is 25.4 Å². The molecule has 3 aromatic rings. The van der Waals surface area contributed by atoms with Crippen LogP contribution in [0.2, 0.25) is 0 Å². The van der Waals surface area contributed by atoms with Crippen LogP contribution in [0.3, 0.4) is 0 Å². The van der Waals surface area contributed by atoms with Crippen LogP contribution in [0, 0.1) is 11.8 Å². The molecule has 2 fully saturated rings. The molecule has 32 heavy (non-hydrogen) atoms. The Morgan fingerprint density at radius 2 is 1.81 bits per heavy atom. The van der Waals surface area contributed by atoms with Gasteiger partial charge in [-0.2, -0.15) is 18.3 Å². The van der Waals surface area contributed by atoms with E-state index in [1.165, 1.54) is 12.4 Å². The third-order valence-electron chi connectivity index (χ3n) is 6.18. The maximum absolute atomic E-state index is 13.0. The third kappa shape index (κ3) is 4.05. The molecule has 7 nitrogen and oxygen atoms in total. The molecule has 0 amide bonds. The number of nitrogens with zero attached hydrogens (tertiary/aromatic N) is 6. The average Bonchev–Trinajstić information content (AvgIpc) is 3.41. The Morgan fingerprint density at radius 3 is 2.50 bits per heavy atom. The molecule has 0 spiro atoms. The summed E-state index contributed by atoms with van der Waals surface area (Å²) in [6.07, 6.45) is -0.00376. The number of pyridine rings is 1. The largest absolute Gasteiger partial charge is 0.417 e. The van der Waals surface area contributed by atoms with Gasteiger partial charge in [-0.05, 0) is 30.7 Å². The summed E-state index contributed by atoms with van der Waals surface area (Å²) in [6.45, 7) is 0.783.